The Morgan fingerprint density at radius 3 is 2.23 bits per heavy atom. The van der Waals surface area contributed by atoms with E-state index in [-0.39, 0.29) is 19.1 Å². The number of halogens is 6. The summed E-state index contributed by atoms with van der Waals surface area (Å²) in [6.45, 7) is 5.15. The number of anilines is 1. The van der Waals surface area contributed by atoms with E-state index < -0.39 is 47.7 Å². The Hall–Kier alpha value is -2.74. The first-order valence-corrected chi connectivity index (χ1v) is 14.7. The minimum Gasteiger partial charge on any atom is -0.480 e. The van der Waals surface area contributed by atoms with E-state index in [1.807, 2.05) is 28.7 Å². The molecule has 0 bridgehead atoms. The maximum absolute atomic E-state index is 13.7. The van der Waals surface area contributed by atoms with Crippen LogP contribution in [0.3, 0.4) is 0 Å². The van der Waals surface area contributed by atoms with Gasteiger partial charge in [-0.1, -0.05) is 6.07 Å². The summed E-state index contributed by atoms with van der Waals surface area (Å²) in [6.07, 6.45) is -8.81. The highest BCUT2D eigenvalue weighted by Crippen LogP contribution is 2.37. The van der Waals surface area contributed by atoms with Gasteiger partial charge in [-0.25, -0.2) is 4.79 Å². The predicted molar refractivity (Wildman–Crippen MR) is 147 cm³/mol. The van der Waals surface area contributed by atoms with Gasteiger partial charge in [0.15, 0.2) is 6.10 Å². The fourth-order valence-electron chi connectivity index (χ4n) is 6.39. The Labute approximate surface area is 247 Å². The summed E-state index contributed by atoms with van der Waals surface area (Å²) in [5.74, 6) is -0.838. The molecule has 3 fully saturated rings. The minimum absolute atomic E-state index is 0.0617. The quantitative estimate of drug-likeness (QED) is 0.397. The maximum Gasteiger partial charge on any atom is 0.425 e. The summed E-state index contributed by atoms with van der Waals surface area (Å²) in [5.41, 5.74) is -0.00336. The molecule has 1 aromatic rings. The highest BCUT2D eigenvalue weighted by Gasteiger charge is 2.42. The lowest BCUT2D eigenvalue weighted by Gasteiger charge is -2.45. The molecule has 3 aliphatic heterocycles. The molecule has 1 amide bonds. The number of amides is 1. The molecule has 3 aliphatic rings. The van der Waals surface area contributed by atoms with E-state index in [1.54, 1.807) is 0 Å². The first-order valence-electron chi connectivity index (χ1n) is 14.7. The molecule has 1 N–H and O–H groups in total. The zero-order valence-electron chi connectivity index (χ0n) is 24.7. The van der Waals surface area contributed by atoms with Crippen LogP contribution in [-0.2, 0) is 22.3 Å². The molecule has 0 spiro atoms. The monoisotopic (exact) mass is 622 g/mol. The maximum atomic E-state index is 13.7. The largest absolute Gasteiger partial charge is 0.480 e. The van der Waals surface area contributed by atoms with Gasteiger partial charge in [0.1, 0.15) is 6.04 Å². The molecule has 1 aromatic carbocycles. The normalized spacial score (nSPS) is 23.1. The smallest absolute Gasteiger partial charge is 0.425 e. The highest BCUT2D eigenvalue weighted by molar-refractivity contribution is 5.74. The van der Waals surface area contributed by atoms with Crippen molar-refractivity contribution < 1.29 is 45.8 Å². The summed E-state index contributed by atoms with van der Waals surface area (Å²) < 4.78 is 84.2. The van der Waals surface area contributed by atoms with E-state index in [9.17, 15) is 41.0 Å². The third-order valence-electron chi connectivity index (χ3n) is 9.43. The van der Waals surface area contributed by atoms with Crippen molar-refractivity contribution in [2.24, 2.45) is 0 Å². The molecule has 1 unspecified atom stereocenters. The second-order valence-electron chi connectivity index (χ2n) is 12.2. The van der Waals surface area contributed by atoms with Gasteiger partial charge < -0.3 is 19.6 Å². The van der Waals surface area contributed by atoms with Crippen LogP contribution in [-0.4, -0.2) is 102 Å². The van der Waals surface area contributed by atoms with E-state index in [4.69, 9.17) is 0 Å². The molecule has 3 heterocycles. The number of rotatable bonds is 7. The van der Waals surface area contributed by atoms with Crippen LogP contribution in [0.25, 0.3) is 0 Å². The molecule has 242 valence electrons. The Bertz CT molecular complexity index is 1150. The van der Waals surface area contributed by atoms with Gasteiger partial charge in [-0.05, 0) is 83.7 Å². The molecule has 8 nitrogen and oxygen atoms in total. The van der Waals surface area contributed by atoms with Crippen LogP contribution in [0.2, 0.25) is 0 Å². The van der Waals surface area contributed by atoms with E-state index in [0.29, 0.717) is 69.5 Å². The third kappa shape index (κ3) is 7.68. The predicted octanol–water partition coefficient (Wildman–Crippen LogP) is 5.60. The molecular formula is C29H40F6N4O4. The average Bonchev–Trinajstić information content (AvgIpc) is 3.43. The zero-order valence-corrected chi connectivity index (χ0v) is 24.7. The molecule has 0 radical (unpaired) electrons. The summed E-state index contributed by atoms with van der Waals surface area (Å²) in [6, 6.07) is 3.30. The number of carbonyl (C=O) groups excluding carboxylic acids is 1. The number of alkyl halides is 6. The molecule has 43 heavy (non-hydrogen) atoms. The number of nitrogens with zero attached hydrogens (tertiary/aromatic N) is 4. The number of likely N-dealkylation sites (tertiary alicyclic amines) is 2. The van der Waals surface area contributed by atoms with E-state index in [2.05, 4.69) is 4.74 Å². The number of ether oxygens (including phenoxy) is 1. The van der Waals surface area contributed by atoms with E-state index in [0.717, 1.165) is 19.4 Å². The van der Waals surface area contributed by atoms with Crippen LogP contribution in [0.4, 0.5) is 36.8 Å². The molecule has 3 saturated heterocycles. The number of piperidine rings is 2. The number of hydrogen-bond acceptors (Lipinski definition) is 6. The fraction of sp³-hybridized carbons (Fsp3) is 0.724. The van der Waals surface area contributed by atoms with Gasteiger partial charge in [-0.15, -0.1) is 0 Å². The standard InChI is InChI=1S/C29H40F6N4O4/c1-19(28(30,31)32)43-26(42)38-15-10-27(2,11-16-38)36(3)18-20-6-7-21(29(33,34)35)17-24(20)37-13-8-22(9-14-37)39-12-4-5-23(39)25(40)41/h6-7,17,19,22-23H,4-5,8-16,18H2,1-3H3,(H,40,41)/t19?,23-/m0/s1. The molecule has 2 atom stereocenters. The van der Waals surface area contributed by atoms with Crippen LogP contribution >= 0.6 is 0 Å². The van der Waals surface area contributed by atoms with Crippen molar-refractivity contribution in [2.45, 2.75) is 95.0 Å². The van der Waals surface area contributed by atoms with Crippen molar-refractivity contribution in [3.63, 3.8) is 0 Å². The summed E-state index contributed by atoms with van der Waals surface area (Å²) in [4.78, 5) is 31.2. The Morgan fingerprint density at radius 1 is 1.05 bits per heavy atom. The van der Waals surface area contributed by atoms with Crippen molar-refractivity contribution in [3.8, 4) is 0 Å². The van der Waals surface area contributed by atoms with Crippen molar-refractivity contribution in [2.75, 3.05) is 44.7 Å². The molecule has 0 saturated carbocycles. The molecule has 4 rings (SSSR count). The lowest BCUT2D eigenvalue weighted by atomic mass is 9.87. The highest BCUT2D eigenvalue weighted by atomic mass is 19.4. The number of aliphatic carboxylic acids is 1. The average molecular weight is 623 g/mol. The summed E-state index contributed by atoms with van der Waals surface area (Å²) in [7, 11) is 1.85. The van der Waals surface area contributed by atoms with E-state index >= 15 is 0 Å². The number of carboxylic acids is 1. The van der Waals surface area contributed by atoms with E-state index in [1.165, 1.54) is 17.0 Å². The summed E-state index contributed by atoms with van der Waals surface area (Å²) >= 11 is 0. The fourth-order valence-corrected chi connectivity index (χ4v) is 6.39. The number of hydrogen-bond donors (Lipinski definition) is 1. The molecule has 0 aliphatic carbocycles. The molecule has 0 aromatic heterocycles. The second kappa shape index (κ2) is 12.7. The topological polar surface area (TPSA) is 76.6 Å². The zero-order chi connectivity index (χ0) is 31.7. The molecule has 14 heteroatoms. The van der Waals surface area contributed by atoms with Gasteiger partial charge in [0, 0.05) is 50.0 Å². The lowest BCUT2D eigenvalue weighted by molar-refractivity contribution is -0.200. The van der Waals surface area contributed by atoms with Crippen molar-refractivity contribution >= 4 is 17.7 Å². The van der Waals surface area contributed by atoms with Crippen LogP contribution < -0.4 is 4.90 Å². The first kappa shape index (κ1) is 33.2. The lowest BCUT2D eigenvalue weighted by Crippen LogP contribution is -2.53. The van der Waals surface area contributed by atoms with Gasteiger partial charge >= 0.3 is 24.4 Å². The van der Waals surface area contributed by atoms with Crippen molar-refractivity contribution in [3.05, 3.63) is 29.3 Å². The number of carbonyl (C=O) groups is 2. The van der Waals surface area contributed by atoms with Gasteiger partial charge in [0.25, 0.3) is 0 Å². The first-order chi connectivity index (χ1) is 20.0. The van der Waals surface area contributed by atoms with Gasteiger partial charge in [0.05, 0.1) is 5.56 Å². The minimum atomic E-state index is -4.65. The van der Waals surface area contributed by atoms with Crippen molar-refractivity contribution in [1.29, 1.82) is 0 Å². The van der Waals surface area contributed by atoms with Crippen LogP contribution in [0, 0.1) is 0 Å². The van der Waals surface area contributed by atoms with Gasteiger partial charge in [0.2, 0.25) is 0 Å². The number of carboxylic acid groups (broad SMARTS) is 1. The summed E-state index contributed by atoms with van der Waals surface area (Å²) in [5, 5.41) is 9.58. The van der Waals surface area contributed by atoms with Crippen LogP contribution in [0.1, 0.15) is 63.5 Å². The SMILES string of the molecule is CC(OC(=O)N1CCC(C)(N(C)Cc2ccc(C(F)(F)F)cc2N2CCC(N3CCC[C@H]3C(=O)O)CC2)CC1)C(F)(F)F. The number of benzene rings is 1. The van der Waals surface area contributed by atoms with Gasteiger partial charge in [-0.3, -0.25) is 14.6 Å². The third-order valence-corrected chi connectivity index (χ3v) is 9.43. The van der Waals surface area contributed by atoms with Gasteiger partial charge in [-0.2, -0.15) is 26.3 Å². The van der Waals surface area contributed by atoms with Crippen LogP contribution in [0.5, 0.6) is 0 Å². The second-order valence-corrected chi connectivity index (χ2v) is 12.2. The molecular weight excluding hydrogens is 582 g/mol. The van der Waals surface area contributed by atoms with Crippen LogP contribution in [0.15, 0.2) is 18.2 Å². The Morgan fingerprint density at radius 2 is 1.67 bits per heavy atom. The van der Waals surface area contributed by atoms with Crippen molar-refractivity contribution in [1.82, 2.24) is 14.7 Å². The Balaban J connectivity index is 1.44. The Kier molecular flexibility index (Phi) is 9.80.